The van der Waals surface area contributed by atoms with Gasteiger partial charge in [-0.05, 0) is 12.1 Å². The van der Waals surface area contributed by atoms with Crippen molar-refractivity contribution < 1.29 is 18.3 Å². The summed E-state index contributed by atoms with van der Waals surface area (Å²) in [7, 11) is 1.30. The van der Waals surface area contributed by atoms with Crippen molar-refractivity contribution in [3.8, 4) is 0 Å². The maximum Gasteiger partial charge on any atom is 0.356 e. The number of halogens is 2. The quantitative estimate of drug-likeness (QED) is 0.789. The van der Waals surface area contributed by atoms with Crippen LogP contribution in [0.3, 0.4) is 0 Å². The first-order chi connectivity index (χ1) is 9.00. The van der Waals surface area contributed by atoms with Crippen molar-refractivity contribution in [1.29, 1.82) is 0 Å². The average Bonchev–Trinajstić information content (AvgIpc) is 2.41. The number of carbonyl (C=O) groups is 1. The van der Waals surface area contributed by atoms with Gasteiger partial charge in [-0.1, -0.05) is 6.07 Å². The third-order valence-electron chi connectivity index (χ3n) is 3.17. The summed E-state index contributed by atoms with van der Waals surface area (Å²) in [5.41, 5.74) is 0.926. The Morgan fingerprint density at radius 1 is 1.42 bits per heavy atom. The van der Waals surface area contributed by atoms with E-state index < -0.39 is 11.9 Å². The maximum absolute atomic E-state index is 13.0. The number of nitrogens with zero attached hydrogens (tertiary/aromatic N) is 2. The van der Waals surface area contributed by atoms with Crippen LogP contribution in [0.4, 0.5) is 8.78 Å². The van der Waals surface area contributed by atoms with Gasteiger partial charge in [-0.25, -0.2) is 18.6 Å². The smallest absolute Gasteiger partial charge is 0.356 e. The van der Waals surface area contributed by atoms with Gasteiger partial charge in [0.05, 0.1) is 12.8 Å². The molecule has 19 heavy (non-hydrogen) atoms. The van der Waals surface area contributed by atoms with E-state index in [-0.39, 0.29) is 18.5 Å². The van der Waals surface area contributed by atoms with E-state index in [0.717, 1.165) is 0 Å². The SMILES string of the molecule is COC(=O)c1cccc(CN2CCC(F)(F)CC2)n1. The zero-order valence-electron chi connectivity index (χ0n) is 10.7. The molecule has 2 rings (SSSR count). The fourth-order valence-corrected chi connectivity index (χ4v) is 2.05. The van der Waals surface area contributed by atoms with Gasteiger partial charge in [0.25, 0.3) is 5.92 Å². The molecule has 0 aromatic carbocycles. The van der Waals surface area contributed by atoms with E-state index in [1.54, 1.807) is 18.2 Å². The molecule has 0 amide bonds. The summed E-state index contributed by atoms with van der Waals surface area (Å²) in [4.78, 5) is 17.4. The van der Waals surface area contributed by atoms with Crippen molar-refractivity contribution in [2.24, 2.45) is 0 Å². The van der Waals surface area contributed by atoms with Crippen LogP contribution in [0.1, 0.15) is 29.0 Å². The number of ether oxygens (including phenoxy) is 1. The predicted octanol–water partition coefficient (Wildman–Crippen LogP) is 2.10. The first kappa shape index (κ1) is 13.9. The fraction of sp³-hybridized carbons (Fsp3) is 0.538. The molecule has 0 bridgehead atoms. The number of carbonyl (C=O) groups excluding carboxylic acids is 1. The molecule has 1 aliphatic heterocycles. The minimum atomic E-state index is -2.54. The third-order valence-corrected chi connectivity index (χ3v) is 3.17. The van der Waals surface area contributed by atoms with Gasteiger partial charge in [0.1, 0.15) is 5.69 Å². The number of hydrogen-bond donors (Lipinski definition) is 0. The lowest BCUT2D eigenvalue weighted by Gasteiger charge is -2.31. The van der Waals surface area contributed by atoms with Crippen LogP contribution >= 0.6 is 0 Å². The van der Waals surface area contributed by atoms with E-state index in [9.17, 15) is 13.6 Å². The molecule has 0 atom stereocenters. The minimum absolute atomic E-state index is 0.121. The van der Waals surface area contributed by atoms with Crippen LogP contribution in [0.2, 0.25) is 0 Å². The molecule has 4 nitrogen and oxygen atoms in total. The molecule has 0 N–H and O–H groups in total. The molecule has 0 radical (unpaired) electrons. The zero-order chi connectivity index (χ0) is 13.9. The summed E-state index contributed by atoms with van der Waals surface area (Å²) in [6, 6.07) is 5.06. The van der Waals surface area contributed by atoms with Crippen LogP contribution in [-0.4, -0.2) is 42.0 Å². The molecule has 1 saturated heterocycles. The van der Waals surface area contributed by atoms with Gasteiger partial charge in [-0.2, -0.15) is 0 Å². The van der Waals surface area contributed by atoms with Gasteiger partial charge >= 0.3 is 5.97 Å². The van der Waals surface area contributed by atoms with E-state index in [1.807, 2.05) is 4.90 Å². The molecule has 6 heteroatoms. The second kappa shape index (κ2) is 5.61. The van der Waals surface area contributed by atoms with Crippen molar-refractivity contribution in [2.75, 3.05) is 20.2 Å². The van der Waals surface area contributed by atoms with Crippen molar-refractivity contribution in [1.82, 2.24) is 9.88 Å². The first-order valence-electron chi connectivity index (χ1n) is 6.15. The van der Waals surface area contributed by atoms with E-state index in [0.29, 0.717) is 25.3 Å². The van der Waals surface area contributed by atoms with Crippen LogP contribution in [0.5, 0.6) is 0 Å². The lowest BCUT2D eigenvalue weighted by atomic mass is 10.1. The highest BCUT2D eigenvalue weighted by molar-refractivity contribution is 5.87. The highest BCUT2D eigenvalue weighted by atomic mass is 19.3. The number of pyridine rings is 1. The lowest BCUT2D eigenvalue weighted by Crippen LogP contribution is -2.39. The third kappa shape index (κ3) is 3.70. The van der Waals surface area contributed by atoms with Gasteiger partial charge in [0.15, 0.2) is 0 Å². The number of rotatable bonds is 3. The molecule has 1 fully saturated rings. The number of likely N-dealkylation sites (tertiary alicyclic amines) is 1. The van der Waals surface area contributed by atoms with Crippen LogP contribution in [0.15, 0.2) is 18.2 Å². The number of esters is 1. The summed E-state index contributed by atoms with van der Waals surface area (Å²) in [5.74, 6) is -3.04. The Balaban J connectivity index is 1.98. The number of hydrogen-bond acceptors (Lipinski definition) is 4. The molecule has 1 aromatic rings. The van der Waals surface area contributed by atoms with Crippen molar-refractivity contribution in [3.05, 3.63) is 29.6 Å². The largest absolute Gasteiger partial charge is 0.464 e. The highest BCUT2D eigenvalue weighted by Crippen LogP contribution is 2.28. The lowest BCUT2D eigenvalue weighted by molar-refractivity contribution is -0.0568. The topological polar surface area (TPSA) is 42.4 Å². The molecule has 0 aliphatic carbocycles. The van der Waals surface area contributed by atoms with Crippen molar-refractivity contribution in [3.63, 3.8) is 0 Å². The molecular weight excluding hydrogens is 254 g/mol. The van der Waals surface area contributed by atoms with Crippen LogP contribution in [-0.2, 0) is 11.3 Å². The Labute approximate surface area is 110 Å². The molecule has 1 aliphatic rings. The Hall–Kier alpha value is -1.56. The van der Waals surface area contributed by atoms with E-state index >= 15 is 0 Å². The summed E-state index contributed by atoms with van der Waals surface area (Å²) in [6.07, 6.45) is -0.243. The summed E-state index contributed by atoms with van der Waals surface area (Å²) >= 11 is 0. The zero-order valence-corrected chi connectivity index (χ0v) is 10.7. The number of methoxy groups -OCH3 is 1. The number of alkyl halides is 2. The van der Waals surface area contributed by atoms with Gasteiger partial charge in [-0.3, -0.25) is 4.90 Å². The molecule has 2 heterocycles. The van der Waals surface area contributed by atoms with Crippen LogP contribution in [0, 0.1) is 0 Å². The summed E-state index contributed by atoms with van der Waals surface area (Å²) in [5, 5.41) is 0. The van der Waals surface area contributed by atoms with E-state index in [1.165, 1.54) is 7.11 Å². The number of piperidine rings is 1. The molecule has 0 saturated carbocycles. The number of aromatic nitrogens is 1. The highest BCUT2D eigenvalue weighted by Gasteiger charge is 2.33. The summed E-state index contributed by atoms with van der Waals surface area (Å²) in [6.45, 7) is 1.16. The Bertz CT molecular complexity index is 456. The minimum Gasteiger partial charge on any atom is -0.464 e. The van der Waals surface area contributed by atoms with Crippen molar-refractivity contribution in [2.45, 2.75) is 25.3 Å². The monoisotopic (exact) mass is 270 g/mol. The van der Waals surface area contributed by atoms with Gasteiger partial charge < -0.3 is 4.74 Å². The Morgan fingerprint density at radius 3 is 2.74 bits per heavy atom. The molecule has 1 aromatic heterocycles. The average molecular weight is 270 g/mol. The van der Waals surface area contributed by atoms with Crippen LogP contribution < -0.4 is 0 Å². The molecule has 104 valence electrons. The van der Waals surface area contributed by atoms with Gasteiger partial charge in [0.2, 0.25) is 0 Å². The van der Waals surface area contributed by atoms with E-state index in [4.69, 9.17) is 0 Å². The second-order valence-corrected chi connectivity index (χ2v) is 4.64. The standard InChI is InChI=1S/C13H16F2N2O2/c1-19-12(18)11-4-2-3-10(16-11)9-17-7-5-13(14,15)6-8-17/h2-4H,5-9H2,1H3. The molecular formula is C13H16F2N2O2. The molecule has 0 unspecified atom stereocenters. The van der Waals surface area contributed by atoms with E-state index in [2.05, 4.69) is 9.72 Å². The van der Waals surface area contributed by atoms with Gasteiger partial charge in [-0.15, -0.1) is 0 Å². The maximum atomic E-state index is 13.0. The summed E-state index contributed by atoms with van der Waals surface area (Å²) < 4.78 is 30.7. The molecule has 0 spiro atoms. The normalized spacial score (nSPS) is 19.1. The first-order valence-corrected chi connectivity index (χ1v) is 6.15. The van der Waals surface area contributed by atoms with Gasteiger partial charge in [0, 0.05) is 32.5 Å². The second-order valence-electron chi connectivity index (χ2n) is 4.64. The Kier molecular flexibility index (Phi) is 4.09. The Morgan fingerprint density at radius 2 is 2.11 bits per heavy atom. The van der Waals surface area contributed by atoms with Crippen LogP contribution in [0.25, 0.3) is 0 Å². The predicted molar refractivity (Wildman–Crippen MR) is 65.0 cm³/mol. The van der Waals surface area contributed by atoms with Crippen molar-refractivity contribution >= 4 is 5.97 Å². The fourth-order valence-electron chi connectivity index (χ4n) is 2.05.